The van der Waals surface area contributed by atoms with Crippen LogP contribution in [0.3, 0.4) is 0 Å². The highest BCUT2D eigenvalue weighted by atomic mass is 16.5. The summed E-state index contributed by atoms with van der Waals surface area (Å²) in [5.41, 5.74) is 0.715. The second-order valence-corrected chi connectivity index (χ2v) is 6.40. The van der Waals surface area contributed by atoms with E-state index in [1.165, 1.54) is 0 Å². The van der Waals surface area contributed by atoms with Gasteiger partial charge in [-0.05, 0) is 25.7 Å². The fourth-order valence-electron chi connectivity index (χ4n) is 3.55. The maximum absolute atomic E-state index is 12.8. The second-order valence-electron chi connectivity index (χ2n) is 6.40. The summed E-state index contributed by atoms with van der Waals surface area (Å²) in [6, 6.07) is -0.272. The van der Waals surface area contributed by atoms with E-state index in [0.717, 1.165) is 31.7 Å². The number of hydrogen-bond acceptors (Lipinski definition) is 6. The molecule has 4 heterocycles. The number of imidazole rings is 1. The number of nitrogens with zero attached hydrogens (tertiary/aromatic N) is 6. The molecule has 0 radical (unpaired) electrons. The van der Waals surface area contributed by atoms with Crippen LogP contribution in [0.2, 0.25) is 0 Å². The van der Waals surface area contributed by atoms with E-state index in [9.17, 15) is 4.79 Å². The van der Waals surface area contributed by atoms with Crippen molar-refractivity contribution in [2.75, 3.05) is 23.5 Å². The Balaban J connectivity index is 1.82. The van der Waals surface area contributed by atoms with Crippen LogP contribution in [0.4, 0.5) is 11.5 Å². The monoisotopic (exact) mass is 342 g/mol. The molecule has 2 aliphatic heterocycles. The predicted octanol–water partition coefficient (Wildman–Crippen LogP) is 1.75. The second kappa shape index (κ2) is 6.44. The van der Waals surface area contributed by atoms with Crippen LogP contribution in [0, 0.1) is 0 Å². The molecule has 0 aliphatic carbocycles. The molecule has 0 saturated carbocycles. The number of rotatable bonds is 3. The van der Waals surface area contributed by atoms with Crippen LogP contribution < -0.4 is 9.80 Å². The fourth-order valence-corrected chi connectivity index (χ4v) is 3.55. The van der Waals surface area contributed by atoms with E-state index in [0.29, 0.717) is 18.1 Å². The molecule has 2 aromatic rings. The molecule has 1 unspecified atom stereocenters. The number of fused-ring (bicyclic) bond motifs is 1. The molecule has 8 nitrogen and oxygen atoms in total. The van der Waals surface area contributed by atoms with Crippen molar-refractivity contribution < 1.29 is 9.53 Å². The number of amides is 1. The van der Waals surface area contributed by atoms with Gasteiger partial charge in [0, 0.05) is 26.0 Å². The van der Waals surface area contributed by atoms with Crippen LogP contribution >= 0.6 is 0 Å². The number of likely N-dealkylation sites (N-methyl/N-ethyl adjacent to an activating group) is 1. The summed E-state index contributed by atoms with van der Waals surface area (Å²) in [7, 11) is 1.78. The molecule has 0 bridgehead atoms. The maximum atomic E-state index is 12.8. The zero-order valence-corrected chi connectivity index (χ0v) is 14.5. The Kier molecular flexibility index (Phi) is 4.12. The summed E-state index contributed by atoms with van der Waals surface area (Å²) < 4.78 is 7.76. The smallest absolute Gasteiger partial charge is 0.249 e. The molecule has 2 atom stereocenters. The van der Waals surface area contributed by atoms with Crippen LogP contribution in [0.5, 0.6) is 0 Å². The summed E-state index contributed by atoms with van der Waals surface area (Å²) in [5.74, 6) is 1.34. The van der Waals surface area contributed by atoms with Crippen molar-refractivity contribution in [1.82, 2.24) is 19.5 Å². The summed E-state index contributed by atoms with van der Waals surface area (Å²) in [6.07, 6.45) is 10.5. The summed E-state index contributed by atoms with van der Waals surface area (Å²) in [6.45, 7) is 2.74. The van der Waals surface area contributed by atoms with Gasteiger partial charge in [-0.15, -0.1) is 0 Å². The minimum Gasteiger partial charge on any atom is -0.358 e. The van der Waals surface area contributed by atoms with E-state index in [4.69, 9.17) is 9.72 Å². The number of aromatic nitrogens is 4. The van der Waals surface area contributed by atoms with E-state index >= 15 is 0 Å². The third kappa shape index (κ3) is 2.66. The van der Waals surface area contributed by atoms with Gasteiger partial charge in [0.15, 0.2) is 5.82 Å². The summed E-state index contributed by atoms with van der Waals surface area (Å²) >= 11 is 0. The number of carbonyl (C=O) groups excluding carboxylic acids is 1. The Bertz CT molecular complexity index is 757. The van der Waals surface area contributed by atoms with Gasteiger partial charge in [-0.2, -0.15) is 4.98 Å². The van der Waals surface area contributed by atoms with Gasteiger partial charge in [0.1, 0.15) is 24.3 Å². The molecule has 1 saturated heterocycles. The molecule has 2 aliphatic rings. The summed E-state index contributed by atoms with van der Waals surface area (Å²) in [5, 5.41) is 0. The van der Waals surface area contributed by atoms with Crippen LogP contribution in [0.25, 0.3) is 5.95 Å². The van der Waals surface area contributed by atoms with E-state index < -0.39 is 0 Å². The van der Waals surface area contributed by atoms with E-state index in [1.54, 1.807) is 41.4 Å². The number of anilines is 2. The van der Waals surface area contributed by atoms with E-state index in [2.05, 4.69) is 14.9 Å². The molecule has 1 amide bonds. The predicted molar refractivity (Wildman–Crippen MR) is 92.7 cm³/mol. The van der Waals surface area contributed by atoms with Crippen molar-refractivity contribution >= 4 is 17.4 Å². The van der Waals surface area contributed by atoms with Crippen molar-refractivity contribution in [2.45, 2.75) is 44.9 Å². The molecular formula is C17H22N6O2. The lowest BCUT2D eigenvalue weighted by Gasteiger charge is -2.45. The first-order chi connectivity index (χ1) is 12.2. The lowest BCUT2D eigenvalue weighted by Crippen LogP contribution is -2.57. The van der Waals surface area contributed by atoms with Crippen LogP contribution in [-0.2, 0) is 9.53 Å². The van der Waals surface area contributed by atoms with Crippen molar-refractivity contribution in [3.8, 4) is 5.95 Å². The van der Waals surface area contributed by atoms with E-state index in [-0.39, 0.29) is 18.2 Å². The van der Waals surface area contributed by atoms with Gasteiger partial charge in [0.05, 0.1) is 6.20 Å². The Morgan fingerprint density at radius 2 is 2.24 bits per heavy atom. The zero-order valence-electron chi connectivity index (χ0n) is 14.5. The molecule has 0 aromatic carbocycles. The normalized spacial score (nSPS) is 23.7. The first-order valence-corrected chi connectivity index (χ1v) is 8.73. The van der Waals surface area contributed by atoms with Crippen molar-refractivity contribution in [3.63, 3.8) is 0 Å². The molecule has 25 heavy (non-hydrogen) atoms. The van der Waals surface area contributed by atoms with Crippen molar-refractivity contribution in [1.29, 1.82) is 0 Å². The average molecular weight is 342 g/mol. The van der Waals surface area contributed by atoms with Gasteiger partial charge < -0.3 is 14.5 Å². The van der Waals surface area contributed by atoms with Crippen LogP contribution in [0.1, 0.15) is 32.6 Å². The van der Waals surface area contributed by atoms with Gasteiger partial charge in [0.2, 0.25) is 11.9 Å². The van der Waals surface area contributed by atoms with Gasteiger partial charge >= 0.3 is 0 Å². The highest BCUT2D eigenvalue weighted by Crippen LogP contribution is 2.37. The Labute approximate surface area is 146 Å². The van der Waals surface area contributed by atoms with Gasteiger partial charge in [-0.3, -0.25) is 9.36 Å². The van der Waals surface area contributed by atoms with Gasteiger partial charge in [0.25, 0.3) is 0 Å². The first kappa shape index (κ1) is 16.0. The van der Waals surface area contributed by atoms with E-state index in [1.807, 2.05) is 6.92 Å². The fraction of sp³-hybridized carbons (Fsp3) is 0.529. The molecule has 0 spiro atoms. The number of hydrogen-bond donors (Lipinski definition) is 0. The topological polar surface area (TPSA) is 76.4 Å². The first-order valence-electron chi connectivity index (χ1n) is 8.73. The Hall–Kier alpha value is -2.48. The zero-order chi connectivity index (χ0) is 17.4. The third-order valence-electron chi connectivity index (χ3n) is 4.88. The lowest BCUT2D eigenvalue weighted by atomic mass is 10.0. The molecule has 1 fully saturated rings. The van der Waals surface area contributed by atoms with Crippen molar-refractivity contribution in [3.05, 3.63) is 24.9 Å². The Morgan fingerprint density at radius 3 is 2.92 bits per heavy atom. The molecule has 0 N–H and O–H groups in total. The molecular weight excluding hydrogens is 320 g/mol. The standard InChI is InChI=1S/C17H22N6O2/c1-3-12-16(24)21(2)13-10-19-17(22-8-7-18-11-22)20-15(13)23(12)14-6-4-5-9-25-14/h7-8,10-12,14H,3-6,9H2,1-2H3/t12?,14-/m1/s1. The molecule has 4 rings (SSSR count). The average Bonchev–Trinajstić information content (AvgIpc) is 3.19. The number of ether oxygens (including phenoxy) is 1. The van der Waals surface area contributed by atoms with Gasteiger partial charge in [-0.25, -0.2) is 9.97 Å². The SMILES string of the molecule is CCC1C(=O)N(C)c2cnc(-n3ccnc3)nc2N1[C@H]1CCCCO1. The Morgan fingerprint density at radius 1 is 1.36 bits per heavy atom. The van der Waals surface area contributed by atoms with Crippen LogP contribution in [0.15, 0.2) is 24.9 Å². The molecule has 132 valence electrons. The summed E-state index contributed by atoms with van der Waals surface area (Å²) in [4.78, 5) is 29.8. The minimum absolute atomic E-state index is 0.0585. The quantitative estimate of drug-likeness (QED) is 0.846. The minimum atomic E-state index is -0.272. The third-order valence-corrected chi connectivity index (χ3v) is 4.88. The lowest BCUT2D eigenvalue weighted by molar-refractivity contribution is -0.121. The van der Waals surface area contributed by atoms with Crippen LogP contribution in [-0.4, -0.2) is 51.4 Å². The molecule has 8 heteroatoms. The molecule has 2 aromatic heterocycles. The number of carbonyl (C=O) groups is 1. The largest absolute Gasteiger partial charge is 0.358 e. The highest BCUT2D eigenvalue weighted by Gasteiger charge is 2.41. The van der Waals surface area contributed by atoms with Crippen molar-refractivity contribution in [2.24, 2.45) is 0 Å². The highest BCUT2D eigenvalue weighted by molar-refractivity contribution is 6.04. The maximum Gasteiger partial charge on any atom is 0.249 e. The van der Waals surface area contributed by atoms with Gasteiger partial charge in [-0.1, -0.05) is 6.92 Å².